The van der Waals surface area contributed by atoms with Gasteiger partial charge in [0.05, 0.1) is 31.7 Å². The molecule has 0 spiro atoms. The van der Waals surface area contributed by atoms with E-state index < -0.39 is 25.4 Å². The van der Waals surface area contributed by atoms with Crippen LogP contribution in [0.4, 0.5) is 5.69 Å². The van der Waals surface area contributed by atoms with Crippen LogP contribution in [-0.2, 0) is 6.54 Å². The Kier molecular flexibility index (Phi) is 5.27. The number of aliphatic hydroxyl groups is 3. The first kappa shape index (κ1) is 15.1. The Bertz CT molecular complexity index is 451. The third-order valence-electron chi connectivity index (χ3n) is 2.59. The summed E-state index contributed by atoms with van der Waals surface area (Å²) in [6, 6.07) is 0. The van der Waals surface area contributed by atoms with Gasteiger partial charge < -0.3 is 20.6 Å². The number of aromatic nitrogens is 2. The molecule has 1 rings (SSSR count). The van der Waals surface area contributed by atoms with Gasteiger partial charge in [-0.25, -0.2) is 4.68 Å². The van der Waals surface area contributed by atoms with E-state index in [1.165, 1.54) is 10.9 Å². The monoisotopic (exact) mass is 321 g/mol. The topological polar surface area (TPSA) is 108 Å². The molecular formula is C10H16BrN3O4. The Morgan fingerprint density at radius 3 is 2.39 bits per heavy atom. The van der Waals surface area contributed by atoms with Crippen LogP contribution in [0.5, 0.6) is 0 Å². The van der Waals surface area contributed by atoms with Gasteiger partial charge in [0, 0.05) is 6.54 Å². The number of aliphatic hydroxyl groups excluding tert-OH is 3. The maximum atomic E-state index is 11.8. The standard InChI is InChI=1S/C10H16BrN3O4/c1-2-14-9(18)8(11)7(3-12-14)13-10(4-15,5-16)6-17/h3,13,15-17H,2,4-6H2,1H3. The number of aryl methyl sites for hydroxylation is 1. The van der Waals surface area contributed by atoms with E-state index in [1.807, 2.05) is 0 Å². The molecule has 0 saturated heterocycles. The average Bonchev–Trinajstić information content (AvgIpc) is 2.41. The third kappa shape index (κ3) is 2.89. The number of hydrogen-bond acceptors (Lipinski definition) is 6. The normalized spacial score (nSPS) is 11.6. The zero-order chi connectivity index (χ0) is 13.8. The highest BCUT2D eigenvalue weighted by Crippen LogP contribution is 2.20. The fourth-order valence-corrected chi connectivity index (χ4v) is 1.74. The summed E-state index contributed by atoms with van der Waals surface area (Å²) < 4.78 is 1.49. The van der Waals surface area contributed by atoms with Gasteiger partial charge in [-0.05, 0) is 22.9 Å². The summed E-state index contributed by atoms with van der Waals surface area (Å²) in [6.07, 6.45) is 1.39. The molecule has 0 saturated carbocycles. The molecule has 0 radical (unpaired) electrons. The van der Waals surface area contributed by atoms with Crippen LogP contribution in [0.15, 0.2) is 15.5 Å². The highest BCUT2D eigenvalue weighted by atomic mass is 79.9. The number of hydrogen-bond donors (Lipinski definition) is 4. The zero-order valence-corrected chi connectivity index (χ0v) is 11.5. The van der Waals surface area contributed by atoms with Gasteiger partial charge in [-0.1, -0.05) is 0 Å². The summed E-state index contributed by atoms with van der Waals surface area (Å²) in [4.78, 5) is 11.8. The molecule has 1 aromatic rings. The SMILES string of the molecule is CCn1ncc(NC(CO)(CO)CO)c(Br)c1=O. The fraction of sp³-hybridized carbons (Fsp3) is 0.600. The summed E-state index contributed by atoms with van der Waals surface area (Å²) >= 11 is 3.13. The third-order valence-corrected chi connectivity index (χ3v) is 3.36. The molecule has 0 aromatic carbocycles. The van der Waals surface area contributed by atoms with Gasteiger partial charge in [-0.3, -0.25) is 4.79 Å². The van der Waals surface area contributed by atoms with Crippen molar-refractivity contribution >= 4 is 21.6 Å². The van der Waals surface area contributed by atoms with E-state index in [9.17, 15) is 20.1 Å². The lowest BCUT2D eigenvalue weighted by Gasteiger charge is -2.30. The van der Waals surface area contributed by atoms with Crippen LogP contribution < -0.4 is 10.9 Å². The van der Waals surface area contributed by atoms with Crippen molar-refractivity contribution < 1.29 is 15.3 Å². The maximum Gasteiger partial charge on any atom is 0.283 e. The number of anilines is 1. The molecule has 0 bridgehead atoms. The summed E-state index contributed by atoms with van der Waals surface area (Å²) in [5.41, 5.74) is -1.32. The summed E-state index contributed by atoms with van der Waals surface area (Å²) in [7, 11) is 0. The van der Waals surface area contributed by atoms with Crippen LogP contribution in [-0.4, -0.2) is 50.5 Å². The van der Waals surface area contributed by atoms with E-state index in [0.717, 1.165) is 0 Å². The second-order valence-corrected chi connectivity index (χ2v) is 4.67. The molecule has 0 unspecified atom stereocenters. The van der Waals surface area contributed by atoms with E-state index in [1.54, 1.807) is 6.92 Å². The Labute approximate surface area is 112 Å². The molecule has 18 heavy (non-hydrogen) atoms. The fourth-order valence-electron chi connectivity index (χ4n) is 1.33. The molecule has 0 aliphatic carbocycles. The van der Waals surface area contributed by atoms with Crippen molar-refractivity contribution in [2.75, 3.05) is 25.1 Å². The largest absolute Gasteiger partial charge is 0.394 e. The number of nitrogens with zero attached hydrogens (tertiary/aromatic N) is 2. The molecule has 0 amide bonds. The quantitative estimate of drug-likeness (QED) is 0.544. The first-order valence-electron chi connectivity index (χ1n) is 5.40. The van der Waals surface area contributed by atoms with Gasteiger partial charge in [0.15, 0.2) is 0 Å². The zero-order valence-electron chi connectivity index (χ0n) is 9.93. The summed E-state index contributed by atoms with van der Waals surface area (Å²) in [6.45, 7) is 0.770. The number of halogens is 1. The molecule has 102 valence electrons. The average molecular weight is 322 g/mol. The van der Waals surface area contributed by atoms with Crippen molar-refractivity contribution in [3.05, 3.63) is 21.0 Å². The van der Waals surface area contributed by atoms with Crippen molar-refractivity contribution in [1.82, 2.24) is 9.78 Å². The molecule has 1 aromatic heterocycles. The lowest BCUT2D eigenvalue weighted by molar-refractivity contribution is 0.0833. The van der Waals surface area contributed by atoms with Crippen molar-refractivity contribution in [2.45, 2.75) is 19.0 Å². The minimum atomic E-state index is -1.30. The Morgan fingerprint density at radius 1 is 1.39 bits per heavy atom. The van der Waals surface area contributed by atoms with Gasteiger partial charge in [-0.15, -0.1) is 0 Å². The van der Waals surface area contributed by atoms with Crippen LogP contribution in [0.25, 0.3) is 0 Å². The molecule has 0 aliphatic rings. The highest BCUT2D eigenvalue weighted by Gasteiger charge is 2.29. The van der Waals surface area contributed by atoms with E-state index in [4.69, 9.17) is 0 Å². The first-order valence-corrected chi connectivity index (χ1v) is 6.19. The van der Waals surface area contributed by atoms with Gasteiger partial charge in [0.1, 0.15) is 10.0 Å². The predicted molar refractivity (Wildman–Crippen MR) is 69.5 cm³/mol. The van der Waals surface area contributed by atoms with Gasteiger partial charge in [0.2, 0.25) is 0 Å². The van der Waals surface area contributed by atoms with Crippen LogP contribution in [0.3, 0.4) is 0 Å². The van der Waals surface area contributed by atoms with Crippen molar-refractivity contribution in [3.63, 3.8) is 0 Å². The van der Waals surface area contributed by atoms with Gasteiger partial charge in [-0.2, -0.15) is 5.10 Å². The summed E-state index contributed by atoms with van der Waals surface area (Å²) in [5.74, 6) is 0. The second-order valence-electron chi connectivity index (χ2n) is 3.87. The summed E-state index contributed by atoms with van der Waals surface area (Å²) in [5, 5.41) is 34.2. The molecule has 1 heterocycles. The van der Waals surface area contributed by atoms with Crippen LogP contribution in [0, 0.1) is 0 Å². The van der Waals surface area contributed by atoms with Crippen LogP contribution in [0.1, 0.15) is 6.92 Å². The van der Waals surface area contributed by atoms with E-state index in [0.29, 0.717) is 12.2 Å². The van der Waals surface area contributed by atoms with Crippen molar-refractivity contribution in [1.29, 1.82) is 0 Å². The van der Waals surface area contributed by atoms with E-state index >= 15 is 0 Å². The first-order chi connectivity index (χ1) is 8.53. The lowest BCUT2D eigenvalue weighted by Crippen LogP contribution is -2.49. The minimum absolute atomic E-state index is 0.235. The number of nitrogens with one attached hydrogen (secondary N) is 1. The smallest absolute Gasteiger partial charge is 0.283 e. The maximum absolute atomic E-state index is 11.8. The number of rotatable bonds is 6. The molecule has 7 nitrogen and oxygen atoms in total. The van der Waals surface area contributed by atoms with Gasteiger partial charge in [0.25, 0.3) is 5.56 Å². The molecule has 8 heteroatoms. The van der Waals surface area contributed by atoms with Gasteiger partial charge >= 0.3 is 0 Å². The van der Waals surface area contributed by atoms with Crippen molar-refractivity contribution in [3.8, 4) is 0 Å². The molecule has 0 atom stereocenters. The minimum Gasteiger partial charge on any atom is -0.394 e. The predicted octanol–water partition coefficient (Wildman–Crippen LogP) is -0.847. The van der Waals surface area contributed by atoms with Crippen LogP contribution in [0.2, 0.25) is 0 Å². The second kappa shape index (κ2) is 6.28. The Balaban J connectivity index is 3.12. The lowest BCUT2D eigenvalue weighted by atomic mass is 10.0. The highest BCUT2D eigenvalue weighted by molar-refractivity contribution is 9.10. The molecule has 0 fully saturated rings. The van der Waals surface area contributed by atoms with Crippen molar-refractivity contribution in [2.24, 2.45) is 0 Å². The van der Waals surface area contributed by atoms with Crippen LogP contribution >= 0.6 is 15.9 Å². The van der Waals surface area contributed by atoms with E-state index in [2.05, 4.69) is 26.3 Å². The molecular weight excluding hydrogens is 306 g/mol. The molecule has 0 aliphatic heterocycles. The molecule has 4 N–H and O–H groups in total. The Hall–Kier alpha value is -0.960. The van der Waals surface area contributed by atoms with E-state index in [-0.39, 0.29) is 10.0 Å². The Morgan fingerprint density at radius 2 is 1.94 bits per heavy atom.